The van der Waals surface area contributed by atoms with E-state index in [-0.39, 0.29) is 0 Å². The molecule has 108 valence electrons. The monoisotopic (exact) mass is 304 g/mol. The highest BCUT2D eigenvalue weighted by atomic mass is 32.1. The Morgan fingerprint density at radius 2 is 1.91 bits per heavy atom. The van der Waals surface area contributed by atoms with Crippen LogP contribution in [-0.2, 0) is 6.42 Å². The lowest BCUT2D eigenvalue weighted by molar-refractivity contribution is 1.02. The summed E-state index contributed by atoms with van der Waals surface area (Å²) in [6, 6.07) is 17.0. The van der Waals surface area contributed by atoms with Gasteiger partial charge in [0.1, 0.15) is 5.82 Å². The van der Waals surface area contributed by atoms with Gasteiger partial charge in [-0.05, 0) is 40.1 Å². The second-order valence-corrected chi connectivity index (χ2v) is 6.27. The first kappa shape index (κ1) is 13.3. The van der Waals surface area contributed by atoms with Gasteiger partial charge in [-0.3, -0.25) is 0 Å². The lowest BCUT2D eigenvalue weighted by atomic mass is 10.0. The molecule has 0 spiro atoms. The molecule has 2 aromatic carbocycles. The molecular formula is C19H16N2S. The fraction of sp³-hybridized carbons (Fsp3) is 0.105. The molecule has 0 bridgehead atoms. The minimum Gasteiger partial charge on any atom is -0.345 e. The Kier molecular flexibility index (Phi) is 3.28. The SMILES string of the molecule is Cc1[nH]c(Cc2ccsc2)nc1-c1cccc2ccccc12. The van der Waals surface area contributed by atoms with Gasteiger partial charge in [-0.2, -0.15) is 11.3 Å². The molecule has 0 fully saturated rings. The van der Waals surface area contributed by atoms with Gasteiger partial charge in [0.2, 0.25) is 0 Å². The van der Waals surface area contributed by atoms with E-state index in [1.807, 2.05) is 0 Å². The van der Waals surface area contributed by atoms with Crippen LogP contribution < -0.4 is 0 Å². The quantitative estimate of drug-likeness (QED) is 0.554. The van der Waals surface area contributed by atoms with Crippen molar-refractivity contribution >= 4 is 22.1 Å². The highest BCUT2D eigenvalue weighted by molar-refractivity contribution is 7.07. The predicted octanol–water partition coefficient (Wildman–Crippen LogP) is 5.19. The first-order chi connectivity index (χ1) is 10.8. The van der Waals surface area contributed by atoms with Crippen molar-refractivity contribution < 1.29 is 0 Å². The molecule has 2 heterocycles. The van der Waals surface area contributed by atoms with E-state index in [4.69, 9.17) is 4.98 Å². The van der Waals surface area contributed by atoms with Crippen molar-refractivity contribution in [1.82, 2.24) is 9.97 Å². The normalized spacial score (nSPS) is 11.1. The van der Waals surface area contributed by atoms with Crippen molar-refractivity contribution in [3.8, 4) is 11.3 Å². The standard InChI is InChI=1S/C19H16N2S/c1-13-19(21-18(20-13)11-14-9-10-22-12-14)17-8-4-6-15-5-2-3-7-16(15)17/h2-10,12H,11H2,1H3,(H,20,21). The van der Waals surface area contributed by atoms with Crippen LogP contribution >= 0.6 is 11.3 Å². The van der Waals surface area contributed by atoms with E-state index in [1.165, 1.54) is 21.9 Å². The topological polar surface area (TPSA) is 28.7 Å². The maximum Gasteiger partial charge on any atom is 0.111 e. The highest BCUT2D eigenvalue weighted by Crippen LogP contribution is 2.29. The van der Waals surface area contributed by atoms with Crippen molar-refractivity contribution in [3.63, 3.8) is 0 Å². The van der Waals surface area contributed by atoms with E-state index in [1.54, 1.807) is 11.3 Å². The Morgan fingerprint density at radius 1 is 1.05 bits per heavy atom. The summed E-state index contributed by atoms with van der Waals surface area (Å²) in [5.41, 5.74) is 4.69. The van der Waals surface area contributed by atoms with Crippen LogP contribution in [0.15, 0.2) is 59.3 Å². The maximum absolute atomic E-state index is 4.85. The predicted molar refractivity (Wildman–Crippen MR) is 93.4 cm³/mol. The molecular weight excluding hydrogens is 288 g/mol. The van der Waals surface area contributed by atoms with E-state index < -0.39 is 0 Å². The molecule has 4 aromatic rings. The molecule has 22 heavy (non-hydrogen) atoms. The number of fused-ring (bicyclic) bond motifs is 1. The van der Waals surface area contributed by atoms with Crippen LogP contribution in [0.4, 0.5) is 0 Å². The van der Waals surface area contributed by atoms with Crippen molar-refractivity contribution in [2.75, 3.05) is 0 Å². The second-order valence-electron chi connectivity index (χ2n) is 5.49. The molecule has 1 N–H and O–H groups in total. The van der Waals surface area contributed by atoms with Crippen LogP contribution in [0.3, 0.4) is 0 Å². The summed E-state index contributed by atoms with van der Waals surface area (Å²) in [5.74, 6) is 1.03. The number of hydrogen-bond acceptors (Lipinski definition) is 2. The van der Waals surface area contributed by atoms with Crippen LogP contribution in [0.2, 0.25) is 0 Å². The summed E-state index contributed by atoms with van der Waals surface area (Å²) in [6.45, 7) is 2.10. The van der Waals surface area contributed by atoms with E-state index >= 15 is 0 Å². The highest BCUT2D eigenvalue weighted by Gasteiger charge is 2.12. The number of nitrogens with zero attached hydrogens (tertiary/aromatic N) is 1. The van der Waals surface area contributed by atoms with Gasteiger partial charge in [0.05, 0.1) is 5.69 Å². The zero-order valence-corrected chi connectivity index (χ0v) is 13.2. The molecule has 0 amide bonds. The van der Waals surface area contributed by atoms with Gasteiger partial charge in [-0.1, -0.05) is 42.5 Å². The number of benzene rings is 2. The Bertz CT molecular complexity index is 914. The smallest absolute Gasteiger partial charge is 0.111 e. The largest absolute Gasteiger partial charge is 0.345 e. The van der Waals surface area contributed by atoms with Crippen molar-refractivity contribution in [3.05, 3.63) is 76.4 Å². The van der Waals surface area contributed by atoms with E-state index in [2.05, 4.69) is 71.2 Å². The number of aromatic amines is 1. The third-order valence-corrected chi connectivity index (χ3v) is 4.66. The summed E-state index contributed by atoms with van der Waals surface area (Å²) < 4.78 is 0. The lowest BCUT2D eigenvalue weighted by Crippen LogP contribution is -1.88. The number of aromatic nitrogens is 2. The fourth-order valence-corrected chi connectivity index (χ4v) is 3.56. The summed E-state index contributed by atoms with van der Waals surface area (Å²) in [6.07, 6.45) is 0.856. The molecule has 0 radical (unpaired) electrons. The molecule has 0 aliphatic rings. The van der Waals surface area contributed by atoms with Crippen LogP contribution in [0, 0.1) is 6.92 Å². The van der Waals surface area contributed by atoms with E-state index in [9.17, 15) is 0 Å². The summed E-state index contributed by atoms with van der Waals surface area (Å²) >= 11 is 1.73. The number of H-pyrrole nitrogens is 1. The number of nitrogens with one attached hydrogen (secondary N) is 1. The van der Waals surface area contributed by atoms with Crippen LogP contribution in [0.5, 0.6) is 0 Å². The fourth-order valence-electron chi connectivity index (χ4n) is 2.89. The Labute approximate surface area is 133 Å². The molecule has 0 saturated carbocycles. The van der Waals surface area contributed by atoms with Gasteiger partial charge in [0.25, 0.3) is 0 Å². The van der Waals surface area contributed by atoms with Crippen LogP contribution in [-0.4, -0.2) is 9.97 Å². The van der Waals surface area contributed by atoms with Crippen LogP contribution in [0.1, 0.15) is 17.1 Å². The van der Waals surface area contributed by atoms with Gasteiger partial charge in [-0.15, -0.1) is 0 Å². The minimum atomic E-state index is 0.856. The van der Waals surface area contributed by atoms with Gasteiger partial charge >= 0.3 is 0 Å². The molecule has 3 heteroatoms. The molecule has 0 atom stereocenters. The number of aryl methyl sites for hydroxylation is 1. The molecule has 0 unspecified atom stereocenters. The van der Waals surface area contributed by atoms with Gasteiger partial charge < -0.3 is 4.98 Å². The molecule has 2 aromatic heterocycles. The van der Waals surface area contributed by atoms with Crippen LogP contribution in [0.25, 0.3) is 22.0 Å². The maximum atomic E-state index is 4.85. The average Bonchev–Trinajstić information content (AvgIpc) is 3.17. The number of thiophene rings is 1. The minimum absolute atomic E-state index is 0.856. The number of hydrogen-bond donors (Lipinski definition) is 1. The van der Waals surface area contributed by atoms with Crippen molar-refractivity contribution in [2.24, 2.45) is 0 Å². The first-order valence-electron chi connectivity index (χ1n) is 7.36. The Morgan fingerprint density at radius 3 is 2.77 bits per heavy atom. The third-order valence-electron chi connectivity index (χ3n) is 3.93. The summed E-state index contributed by atoms with van der Waals surface area (Å²) in [7, 11) is 0. The first-order valence-corrected chi connectivity index (χ1v) is 8.30. The molecule has 0 saturated heterocycles. The Balaban J connectivity index is 1.80. The van der Waals surface area contributed by atoms with E-state index in [0.29, 0.717) is 0 Å². The van der Waals surface area contributed by atoms with E-state index in [0.717, 1.165) is 23.6 Å². The molecule has 0 aliphatic heterocycles. The molecule has 4 rings (SSSR count). The average molecular weight is 304 g/mol. The number of rotatable bonds is 3. The zero-order valence-electron chi connectivity index (χ0n) is 12.3. The lowest BCUT2D eigenvalue weighted by Gasteiger charge is -2.04. The zero-order chi connectivity index (χ0) is 14.9. The number of imidazole rings is 1. The van der Waals surface area contributed by atoms with Gasteiger partial charge in [0.15, 0.2) is 0 Å². The van der Waals surface area contributed by atoms with Gasteiger partial charge in [-0.25, -0.2) is 4.98 Å². The van der Waals surface area contributed by atoms with Crippen molar-refractivity contribution in [1.29, 1.82) is 0 Å². The third kappa shape index (κ3) is 2.34. The van der Waals surface area contributed by atoms with Crippen molar-refractivity contribution in [2.45, 2.75) is 13.3 Å². The summed E-state index contributed by atoms with van der Waals surface area (Å²) in [4.78, 5) is 8.29. The molecule has 2 nitrogen and oxygen atoms in total. The summed E-state index contributed by atoms with van der Waals surface area (Å²) in [5, 5.41) is 6.79. The molecule has 0 aliphatic carbocycles. The Hall–Kier alpha value is -2.39. The second kappa shape index (κ2) is 5.43. The van der Waals surface area contributed by atoms with Gasteiger partial charge in [0, 0.05) is 17.7 Å².